The third-order valence-electron chi connectivity index (χ3n) is 3.06. The van der Waals surface area contributed by atoms with Crippen LogP contribution in [-0.4, -0.2) is 37.1 Å². The maximum Gasteiger partial charge on any atom is 0.328 e. The Hall–Kier alpha value is -1.82. The van der Waals surface area contributed by atoms with Crippen molar-refractivity contribution in [2.24, 2.45) is 0 Å². The highest BCUT2D eigenvalue weighted by atomic mass is 32.2. The zero-order chi connectivity index (χ0) is 14.8. The van der Waals surface area contributed by atoms with Gasteiger partial charge in [-0.25, -0.2) is 13.2 Å². The molecule has 0 aliphatic carbocycles. The maximum atomic E-state index is 11.4. The predicted octanol–water partition coefficient (Wildman–Crippen LogP) is 1.66. The van der Waals surface area contributed by atoms with Gasteiger partial charge in [0.05, 0.1) is 11.5 Å². The second-order valence-corrected chi connectivity index (χ2v) is 7.08. The number of sulfone groups is 1. The molecule has 1 aromatic rings. The van der Waals surface area contributed by atoms with Crippen LogP contribution in [0.25, 0.3) is 6.08 Å². The number of ether oxygens (including phenoxy) is 1. The van der Waals surface area contributed by atoms with Gasteiger partial charge >= 0.3 is 5.97 Å². The van der Waals surface area contributed by atoms with Crippen molar-refractivity contribution in [3.8, 4) is 5.75 Å². The number of hydrogen-bond acceptors (Lipinski definition) is 4. The molecule has 2 rings (SSSR count). The molecule has 1 saturated heterocycles. The van der Waals surface area contributed by atoms with Gasteiger partial charge in [-0.15, -0.1) is 0 Å². The first-order chi connectivity index (χ1) is 9.35. The fraction of sp³-hybridized carbons (Fsp3) is 0.357. The van der Waals surface area contributed by atoms with Crippen molar-refractivity contribution >= 4 is 21.9 Å². The molecule has 1 atom stereocenters. The highest BCUT2D eigenvalue weighted by Gasteiger charge is 2.29. The SMILES string of the molecule is Cc1ccc(OC2CCS(=O)(=O)C2)c(C=CC(=O)O)c1. The van der Waals surface area contributed by atoms with Gasteiger partial charge in [0.1, 0.15) is 11.9 Å². The van der Waals surface area contributed by atoms with Crippen LogP contribution in [0, 0.1) is 6.92 Å². The number of rotatable bonds is 4. The van der Waals surface area contributed by atoms with Gasteiger partial charge in [0.25, 0.3) is 0 Å². The first-order valence-corrected chi connectivity index (χ1v) is 8.06. The van der Waals surface area contributed by atoms with Gasteiger partial charge in [-0.2, -0.15) is 0 Å². The van der Waals surface area contributed by atoms with Crippen molar-refractivity contribution in [1.29, 1.82) is 0 Å². The van der Waals surface area contributed by atoms with Crippen molar-refractivity contribution in [1.82, 2.24) is 0 Å². The summed E-state index contributed by atoms with van der Waals surface area (Å²) in [6.45, 7) is 1.89. The molecule has 1 aliphatic rings. The van der Waals surface area contributed by atoms with Crippen LogP contribution >= 0.6 is 0 Å². The van der Waals surface area contributed by atoms with Gasteiger partial charge in [0.2, 0.25) is 0 Å². The summed E-state index contributed by atoms with van der Waals surface area (Å²) in [7, 11) is -3.00. The molecule has 20 heavy (non-hydrogen) atoms. The lowest BCUT2D eigenvalue weighted by Crippen LogP contribution is -2.18. The maximum absolute atomic E-state index is 11.4. The summed E-state index contributed by atoms with van der Waals surface area (Å²) in [6, 6.07) is 5.39. The predicted molar refractivity (Wildman–Crippen MR) is 75.5 cm³/mol. The molecule has 6 heteroatoms. The Morgan fingerprint density at radius 3 is 2.80 bits per heavy atom. The number of aliphatic carboxylic acids is 1. The summed E-state index contributed by atoms with van der Waals surface area (Å²) < 4.78 is 28.5. The number of carboxylic acid groups (broad SMARTS) is 1. The molecule has 0 spiro atoms. The minimum absolute atomic E-state index is 0.0168. The van der Waals surface area contributed by atoms with Crippen LogP contribution in [-0.2, 0) is 14.6 Å². The van der Waals surface area contributed by atoms with E-state index in [0.717, 1.165) is 11.6 Å². The van der Waals surface area contributed by atoms with Crippen molar-refractivity contribution < 1.29 is 23.1 Å². The molecule has 1 aromatic carbocycles. The lowest BCUT2D eigenvalue weighted by atomic mass is 10.1. The molecular formula is C14H16O5S. The Morgan fingerprint density at radius 2 is 2.20 bits per heavy atom. The molecule has 0 saturated carbocycles. The van der Waals surface area contributed by atoms with Crippen LogP contribution < -0.4 is 4.74 Å². The van der Waals surface area contributed by atoms with Crippen molar-refractivity contribution in [2.45, 2.75) is 19.4 Å². The monoisotopic (exact) mass is 296 g/mol. The number of hydrogen-bond donors (Lipinski definition) is 1. The Balaban J connectivity index is 2.21. The highest BCUT2D eigenvalue weighted by Crippen LogP contribution is 2.25. The van der Waals surface area contributed by atoms with E-state index in [1.54, 1.807) is 12.1 Å². The van der Waals surface area contributed by atoms with Gasteiger partial charge in [-0.3, -0.25) is 0 Å². The van der Waals surface area contributed by atoms with E-state index in [-0.39, 0.29) is 17.6 Å². The lowest BCUT2D eigenvalue weighted by Gasteiger charge is -2.14. The average molecular weight is 296 g/mol. The van der Waals surface area contributed by atoms with E-state index < -0.39 is 15.8 Å². The molecule has 1 fully saturated rings. The Labute approximate surface area is 117 Å². The molecule has 108 valence electrons. The average Bonchev–Trinajstić information content (AvgIpc) is 2.69. The minimum Gasteiger partial charge on any atom is -0.489 e. The van der Waals surface area contributed by atoms with Gasteiger partial charge in [0, 0.05) is 11.6 Å². The minimum atomic E-state index is -3.00. The third-order valence-corrected chi connectivity index (χ3v) is 4.79. The fourth-order valence-corrected chi connectivity index (χ4v) is 3.69. The standard InChI is InChI=1S/C14H16O5S/c1-10-2-4-13(11(8-10)3-5-14(15)16)19-12-6-7-20(17,18)9-12/h2-5,8,12H,6-7,9H2,1H3,(H,15,16). The smallest absolute Gasteiger partial charge is 0.328 e. The number of carboxylic acids is 1. The van der Waals surface area contributed by atoms with Crippen molar-refractivity contribution in [3.63, 3.8) is 0 Å². The van der Waals surface area contributed by atoms with E-state index in [1.807, 2.05) is 13.0 Å². The van der Waals surface area contributed by atoms with E-state index >= 15 is 0 Å². The molecule has 0 radical (unpaired) electrons. The van der Waals surface area contributed by atoms with Crippen LogP contribution in [0.4, 0.5) is 0 Å². The van der Waals surface area contributed by atoms with E-state index in [2.05, 4.69) is 0 Å². The number of carbonyl (C=O) groups is 1. The molecule has 0 aromatic heterocycles. The molecule has 5 nitrogen and oxygen atoms in total. The molecule has 0 bridgehead atoms. The molecular weight excluding hydrogens is 280 g/mol. The quantitative estimate of drug-likeness (QED) is 0.855. The second kappa shape index (κ2) is 5.66. The van der Waals surface area contributed by atoms with Gasteiger partial charge < -0.3 is 9.84 Å². The summed E-state index contributed by atoms with van der Waals surface area (Å²) in [5.41, 5.74) is 1.61. The first kappa shape index (κ1) is 14.6. The Morgan fingerprint density at radius 1 is 1.45 bits per heavy atom. The highest BCUT2D eigenvalue weighted by molar-refractivity contribution is 7.91. The zero-order valence-corrected chi connectivity index (χ0v) is 11.9. The second-order valence-electron chi connectivity index (χ2n) is 4.86. The van der Waals surface area contributed by atoms with Crippen LogP contribution in [0.5, 0.6) is 5.75 Å². The fourth-order valence-electron chi connectivity index (χ4n) is 2.10. The van der Waals surface area contributed by atoms with E-state index in [0.29, 0.717) is 17.7 Å². The number of benzene rings is 1. The Kier molecular flexibility index (Phi) is 4.13. The third kappa shape index (κ3) is 3.84. The van der Waals surface area contributed by atoms with E-state index in [9.17, 15) is 13.2 Å². The van der Waals surface area contributed by atoms with Crippen LogP contribution in [0.1, 0.15) is 17.5 Å². The summed E-state index contributed by atoms with van der Waals surface area (Å²) in [5.74, 6) is -0.372. The van der Waals surface area contributed by atoms with Gasteiger partial charge in [-0.1, -0.05) is 11.6 Å². The molecule has 1 heterocycles. The van der Waals surface area contributed by atoms with Crippen LogP contribution in [0.3, 0.4) is 0 Å². The number of aryl methyl sites for hydroxylation is 1. The van der Waals surface area contributed by atoms with Crippen molar-refractivity contribution in [3.05, 3.63) is 35.4 Å². The zero-order valence-electron chi connectivity index (χ0n) is 11.1. The molecule has 1 N–H and O–H groups in total. The van der Waals surface area contributed by atoms with Gasteiger partial charge in [-0.05, 0) is 31.6 Å². The molecule has 1 aliphatic heterocycles. The summed E-state index contributed by atoms with van der Waals surface area (Å²) >= 11 is 0. The van der Waals surface area contributed by atoms with E-state index in [4.69, 9.17) is 9.84 Å². The molecule has 0 amide bonds. The summed E-state index contributed by atoms with van der Waals surface area (Å²) in [6.07, 6.45) is 2.60. The molecule has 1 unspecified atom stereocenters. The van der Waals surface area contributed by atoms with Crippen LogP contribution in [0.2, 0.25) is 0 Å². The lowest BCUT2D eigenvalue weighted by molar-refractivity contribution is -0.131. The first-order valence-electron chi connectivity index (χ1n) is 6.24. The van der Waals surface area contributed by atoms with E-state index in [1.165, 1.54) is 6.08 Å². The topological polar surface area (TPSA) is 80.7 Å². The van der Waals surface area contributed by atoms with Gasteiger partial charge in [0.15, 0.2) is 9.84 Å². The largest absolute Gasteiger partial charge is 0.489 e. The summed E-state index contributed by atoms with van der Waals surface area (Å²) in [4.78, 5) is 10.6. The normalized spacial score (nSPS) is 21.1. The summed E-state index contributed by atoms with van der Waals surface area (Å²) in [5, 5.41) is 8.68. The van der Waals surface area contributed by atoms with Crippen LogP contribution in [0.15, 0.2) is 24.3 Å². The van der Waals surface area contributed by atoms with Crippen molar-refractivity contribution in [2.75, 3.05) is 11.5 Å². The Bertz CT molecular complexity index is 646.